The number of methoxy groups -OCH3 is 1. The molecular formula is C28H38ClNO4. The summed E-state index contributed by atoms with van der Waals surface area (Å²) >= 11 is 0. The second kappa shape index (κ2) is 9.13. The van der Waals surface area contributed by atoms with E-state index in [-0.39, 0.29) is 29.4 Å². The van der Waals surface area contributed by atoms with Crippen molar-refractivity contribution in [2.45, 2.75) is 88.7 Å². The lowest BCUT2D eigenvalue weighted by Crippen LogP contribution is -2.68. The summed E-state index contributed by atoms with van der Waals surface area (Å²) in [7, 11) is 1.67. The molecule has 6 rings (SSSR count). The van der Waals surface area contributed by atoms with Gasteiger partial charge in [-0.3, -0.25) is 14.5 Å². The highest BCUT2D eigenvalue weighted by atomic mass is 35.5. The van der Waals surface area contributed by atoms with Gasteiger partial charge in [0.05, 0.1) is 13.0 Å². The van der Waals surface area contributed by atoms with Crippen molar-refractivity contribution < 1.29 is 19.1 Å². The zero-order valence-electron chi connectivity index (χ0n) is 20.5. The van der Waals surface area contributed by atoms with E-state index in [4.69, 9.17) is 9.47 Å². The summed E-state index contributed by atoms with van der Waals surface area (Å²) in [5.41, 5.74) is 2.28. The predicted molar refractivity (Wildman–Crippen MR) is 133 cm³/mol. The van der Waals surface area contributed by atoms with Gasteiger partial charge in [-0.25, -0.2) is 0 Å². The first-order valence-electron chi connectivity index (χ1n) is 13.3. The van der Waals surface area contributed by atoms with Gasteiger partial charge in [-0.15, -0.1) is 12.4 Å². The molecule has 34 heavy (non-hydrogen) atoms. The summed E-state index contributed by atoms with van der Waals surface area (Å²) < 4.78 is 12.2. The van der Waals surface area contributed by atoms with Crippen molar-refractivity contribution in [3.63, 3.8) is 0 Å². The smallest absolute Gasteiger partial charge is 0.184 e. The fraction of sp³-hybridized carbons (Fsp3) is 0.714. The van der Waals surface area contributed by atoms with Crippen LogP contribution in [0.3, 0.4) is 0 Å². The summed E-state index contributed by atoms with van der Waals surface area (Å²) in [6, 6.07) is 4.61. The molecule has 1 spiro atoms. The number of carbonyl (C=O) groups is 2. The molecule has 0 amide bonds. The molecule has 1 aromatic carbocycles. The number of hydrogen-bond donors (Lipinski definition) is 0. The number of hydrogen-bond acceptors (Lipinski definition) is 5. The molecule has 3 aliphatic carbocycles. The Kier molecular flexibility index (Phi) is 6.48. The molecule has 1 saturated heterocycles. The van der Waals surface area contributed by atoms with Gasteiger partial charge in [-0.1, -0.05) is 32.3 Å². The van der Waals surface area contributed by atoms with E-state index in [1.807, 2.05) is 6.07 Å². The Morgan fingerprint density at radius 3 is 2.79 bits per heavy atom. The fourth-order valence-electron chi connectivity index (χ4n) is 7.61. The lowest BCUT2D eigenvalue weighted by Gasteiger charge is -2.58. The Bertz CT molecular complexity index is 975. The average molecular weight is 488 g/mol. The normalized spacial score (nSPS) is 33.1. The summed E-state index contributed by atoms with van der Waals surface area (Å²) in [6.07, 6.45) is 9.60. The molecule has 5 aliphatic rings. The van der Waals surface area contributed by atoms with Crippen LogP contribution in [0.5, 0.6) is 11.5 Å². The van der Waals surface area contributed by atoms with Gasteiger partial charge in [-0.2, -0.15) is 0 Å². The maximum absolute atomic E-state index is 13.9. The number of ketones is 2. The molecule has 5 unspecified atom stereocenters. The number of benzene rings is 1. The molecule has 1 aromatic rings. The van der Waals surface area contributed by atoms with Crippen LogP contribution >= 0.6 is 12.4 Å². The zero-order chi connectivity index (χ0) is 22.7. The van der Waals surface area contributed by atoms with Crippen molar-refractivity contribution >= 4 is 24.0 Å². The Morgan fingerprint density at radius 1 is 1.24 bits per heavy atom. The Labute approximate surface area is 209 Å². The molecule has 5 nitrogen and oxygen atoms in total. The monoisotopic (exact) mass is 487 g/mol. The van der Waals surface area contributed by atoms with Crippen LogP contribution in [0.25, 0.3) is 0 Å². The third-order valence-electron chi connectivity index (χ3n) is 9.38. The van der Waals surface area contributed by atoms with E-state index in [0.29, 0.717) is 24.8 Å². The first-order valence-corrected chi connectivity index (χ1v) is 13.3. The fourth-order valence-corrected chi connectivity index (χ4v) is 7.61. The van der Waals surface area contributed by atoms with E-state index >= 15 is 0 Å². The highest BCUT2D eigenvalue weighted by Crippen LogP contribution is 2.64. The second-order valence-electron chi connectivity index (χ2n) is 11.2. The topological polar surface area (TPSA) is 55.8 Å². The zero-order valence-corrected chi connectivity index (χ0v) is 21.3. The van der Waals surface area contributed by atoms with Crippen LogP contribution in [-0.4, -0.2) is 48.8 Å². The van der Waals surface area contributed by atoms with Crippen LogP contribution in [0.2, 0.25) is 0 Å². The predicted octanol–water partition coefficient (Wildman–Crippen LogP) is 4.90. The van der Waals surface area contributed by atoms with Crippen molar-refractivity contribution in [3.05, 3.63) is 23.3 Å². The molecule has 0 N–H and O–H groups in total. The SMILES string of the molecule is CCCCCCC(=O)C1CC2C3Cc4ccc(OC)c5c4C2(CCN3CC2CC2)C(O5)C1=O.Cl. The molecule has 5 atom stereocenters. The maximum atomic E-state index is 13.9. The first kappa shape index (κ1) is 24.1. The average Bonchev–Trinajstić information content (AvgIpc) is 3.57. The molecule has 6 heteroatoms. The third-order valence-corrected chi connectivity index (χ3v) is 9.38. The number of nitrogens with zero attached hydrogens (tertiary/aromatic N) is 1. The Hall–Kier alpha value is -1.59. The number of rotatable bonds is 9. The van der Waals surface area contributed by atoms with Crippen molar-refractivity contribution in [2.24, 2.45) is 17.8 Å². The standard InChI is InChI=1S/C28H37NO4.ClH/c1-3-4-5-6-7-22(30)19-15-20-21-14-18-10-11-23(32-2)26-24(18)28(20,27(33-26)25(19)31)12-13-29(21)16-17-8-9-17;/h10-11,17,19-21,27H,3-9,12-16H2,1-2H3;1H. The van der Waals surface area contributed by atoms with E-state index in [9.17, 15) is 9.59 Å². The van der Waals surface area contributed by atoms with Crippen molar-refractivity contribution in [1.29, 1.82) is 0 Å². The van der Waals surface area contributed by atoms with Gasteiger partial charge < -0.3 is 9.47 Å². The Balaban J connectivity index is 0.00000241. The van der Waals surface area contributed by atoms with Crippen LogP contribution < -0.4 is 9.47 Å². The van der Waals surface area contributed by atoms with Gasteiger partial charge in [0.25, 0.3) is 0 Å². The van der Waals surface area contributed by atoms with Crippen molar-refractivity contribution in [1.82, 2.24) is 4.90 Å². The summed E-state index contributed by atoms with van der Waals surface area (Å²) in [5.74, 6) is 2.33. The van der Waals surface area contributed by atoms with Crippen LogP contribution in [0.1, 0.15) is 75.8 Å². The second-order valence-corrected chi connectivity index (χ2v) is 11.2. The number of piperidine rings is 1. The lowest BCUT2D eigenvalue weighted by atomic mass is 9.49. The number of unbranched alkanes of at least 4 members (excludes halogenated alkanes) is 3. The van der Waals surface area contributed by atoms with E-state index in [0.717, 1.165) is 62.5 Å². The molecule has 186 valence electrons. The van der Waals surface area contributed by atoms with Gasteiger partial charge in [0.2, 0.25) is 0 Å². The first-order chi connectivity index (χ1) is 16.1. The van der Waals surface area contributed by atoms with E-state index in [2.05, 4.69) is 17.9 Å². The van der Waals surface area contributed by atoms with Crippen LogP contribution in [0, 0.1) is 17.8 Å². The summed E-state index contributed by atoms with van der Waals surface area (Å²) in [4.78, 5) is 29.9. The van der Waals surface area contributed by atoms with Gasteiger partial charge >= 0.3 is 0 Å². The van der Waals surface area contributed by atoms with Crippen molar-refractivity contribution in [2.75, 3.05) is 20.2 Å². The molecule has 2 aliphatic heterocycles. The van der Waals surface area contributed by atoms with Gasteiger partial charge in [0, 0.05) is 30.0 Å². The summed E-state index contributed by atoms with van der Waals surface area (Å²) in [6.45, 7) is 4.38. The molecule has 2 bridgehead atoms. The van der Waals surface area contributed by atoms with Crippen LogP contribution in [0.4, 0.5) is 0 Å². The minimum atomic E-state index is -0.531. The third kappa shape index (κ3) is 3.52. The van der Waals surface area contributed by atoms with E-state index in [1.165, 1.54) is 30.5 Å². The number of Topliss-reactive ketones (excluding diaryl/α,β-unsaturated/α-hetero) is 2. The van der Waals surface area contributed by atoms with E-state index < -0.39 is 12.0 Å². The lowest BCUT2D eigenvalue weighted by molar-refractivity contribution is -0.151. The number of carbonyl (C=O) groups excluding carboxylic acids is 2. The number of ether oxygens (including phenoxy) is 2. The maximum Gasteiger partial charge on any atom is 0.184 e. The highest BCUT2D eigenvalue weighted by Gasteiger charge is 2.68. The molecule has 3 fully saturated rings. The van der Waals surface area contributed by atoms with E-state index in [1.54, 1.807) is 7.11 Å². The van der Waals surface area contributed by atoms with Gasteiger partial charge in [-0.05, 0) is 68.5 Å². The van der Waals surface area contributed by atoms with Gasteiger partial charge in [0.1, 0.15) is 5.78 Å². The van der Waals surface area contributed by atoms with Crippen LogP contribution in [0.15, 0.2) is 12.1 Å². The number of likely N-dealkylation sites (tertiary alicyclic amines) is 1. The quantitative estimate of drug-likeness (QED) is 0.366. The van der Waals surface area contributed by atoms with Crippen LogP contribution in [-0.2, 0) is 21.4 Å². The molecule has 0 aromatic heterocycles. The minimum absolute atomic E-state index is 0. The van der Waals surface area contributed by atoms with Gasteiger partial charge in [0.15, 0.2) is 23.4 Å². The minimum Gasteiger partial charge on any atom is -0.493 e. The molecular weight excluding hydrogens is 450 g/mol. The van der Waals surface area contributed by atoms with Crippen molar-refractivity contribution in [3.8, 4) is 11.5 Å². The highest BCUT2D eigenvalue weighted by molar-refractivity contribution is 6.06. The molecule has 2 saturated carbocycles. The molecule has 0 radical (unpaired) electrons. The Morgan fingerprint density at radius 2 is 2.06 bits per heavy atom. The summed E-state index contributed by atoms with van der Waals surface area (Å²) in [5, 5.41) is 0. The number of halogens is 1. The molecule has 2 heterocycles. The largest absolute Gasteiger partial charge is 0.493 e.